The van der Waals surface area contributed by atoms with Gasteiger partial charge in [-0.3, -0.25) is 4.79 Å². The summed E-state index contributed by atoms with van der Waals surface area (Å²) in [7, 11) is 1.61. The van der Waals surface area contributed by atoms with Gasteiger partial charge in [0.25, 0.3) is 0 Å². The van der Waals surface area contributed by atoms with E-state index in [1.807, 2.05) is 54.6 Å². The molecule has 0 fully saturated rings. The SMILES string of the molecule is CCCCCCCOc1ccc(C=C2C(=O)c3cc(O)ccc3OC2c2ccc(OC)cc2)cc1. The van der Waals surface area contributed by atoms with Gasteiger partial charge in [-0.2, -0.15) is 0 Å². The predicted octanol–water partition coefficient (Wildman–Crippen LogP) is 7.15. The molecule has 1 unspecified atom stereocenters. The lowest BCUT2D eigenvalue weighted by Gasteiger charge is -2.28. The first kappa shape index (κ1) is 24.4. The summed E-state index contributed by atoms with van der Waals surface area (Å²) in [5, 5.41) is 9.93. The monoisotopic (exact) mass is 472 g/mol. The molecular weight excluding hydrogens is 440 g/mol. The first-order valence-corrected chi connectivity index (χ1v) is 12.2. The molecule has 5 heteroatoms. The Kier molecular flexibility index (Phi) is 8.09. The predicted molar refractivity (Wildman–Crippen MR) is 137 cm³/mol. The van der Waals surface area contributed by atoms with Crippen LogP contribution < -0.4 is 14.2 Å². The molecule has 1 aliphatic rings. The third-order valence-electron chi connectivity index (χ3n) is 6.13. The van der Waals surface area contributed by atoms with Crippen molar-refractivity contribution in [2.24, 2.45) is 0 Å². The van der Waals surface area contributed by atoms with Crippen LogP contribution in [-0.2, 0) is 0 Å². The number of benzene rings is 3. The fourth-order valence-corrected chi connectivity index (χ4v) is 4.17. The highest BCUT2D eigenvalue weighted by Crippen LogP contribution is 2.41. The third-order valence-corrected chi connectivity index (χ3v) is 6.13. The minimum atomic E-state index is -0.579. The number of aromatic hydroxyl groups is 1. The van der Waals surface area contributed by atoms with Crippen molar-refractivity contribution >= 4 is 11.9 Å². The molecule has 1 heterocycles. The average molecular weight is 473 g/mol. The van der Waals surface area contributed by atoms with Gasteiger partial charge in [-0.1, -0.05) is 56.9 Å². The quantitative estimate of drug-likeness (QED) is 0.251. The minimum absolute atomic E-state index is 0.0270. The molecule has 5 nitrogen and oxygen atoms in total. The normalized spacial score (nSPS) is 16.0. The maximum absolute atomic E-state index is 13.5. The Morgan fingerprint density at radius 2 is 1.63 bits per heavy atom. The van der Waals surface area contributed by atoms with Crippen molar-refractivity contribution in [3.05, 3.63) is 89.0 Å². The molecule has 0 aromatic heterocycles. The molecule has 1 N–H and O–H groups in total. The molecule has 3 aromatic carbocycles. The van der Waals surface area contributed by atoms with Gasteiger partial charge in [0.1, 0.15) is 23.0 Å². The number of unbranched alkanes of at least 4 members (excludes halogenated alkanes) is 4. The van der Waals surface area contributed by atoms with Crippen molar-refractivity contribution < 1.29 is 24.1 Å². The van der Waals surface area contributed by atoms with Gasteiger partial charge in [-0.25, -0.2) is 0 Å². The highest BCUT2D eigenvalue weighted by Gasteiger charge is 2.33. The number of carbonyl (C=O) groups is 1. The lowest BCUT2D eigenvalue weighted by atomic mass is 9.89. The topological polar surface area (TPSA) is 65.0 Å². The molecular formula is C30H32O5. The van der Waals surface area contributed by atoms with Gasteiger partial charge in [0.15, 0.2) is 11.9 Å². The number of fused-ring (bicyclic) bond motifs is 1. The molecule has 3 aromatic rings. The van der Waals surface area contributed by atoms with Crippen LogP contribution in [0, 0.1) is 0 Å². The smallest absolute Gasteiger partial charge is 0.196 e. The summed E-state index contributed by atoms with van der Waals surface area (Å²) in [5.74, 6) is 1.85. The standard InChI is InChI=1S/C30H32O5/c1-3-4-5-6-7-18-34-25-13-8-21(9-14-25)19-27-29(32)26-20-23(31)12-17-28(26)35-30(27)22-10-15-24(33-2)16-11-22/h8-17,19-20,30-31H,3-7,18H2,1-2H3. The fourth-order valence-electron chi connectivity index (χ4n) is 4.17. The summed E-state index contributed by atoms with van der Waals surface area (Å²) in [4.78, 5) is 13.5. The molecule has 0 bridgehead atoms. The van der Waals surface area contributed by atoms with Gasteiger partial charge in [0.2, 0.25) is 0 Å². The molecule has 35 heavy (non-hydrogen) atoms. The first-order valence-electron chi connectivity index (χ1n) is 12.2. The summed E-state index contributed by atoms with van der Waals surface area (Å²) in [6.45, 7) is 2.92. The molecule has 4 rings (SSSR count). The van der Waals surface area contributed by atoms with Gasteiger partial charge >= 0.3 is 0 Å². The van der Waals surface area contributed by atoms with Gasteiger partial charge in [-0.05, 0) is 66.1 Å². The number of methoxy groups -OCH3 is 1. The maximum Gasteiger partial charge on any atom is 0.196 e. The highest BCUT2D eigenvalue weighted by atomic mass is 16.5. The van der Waals surface area contributed by atoms with E-state index in [0.717, 1.165) is 29.0 Å². The summed E-state index contributed by atoms with van der Waals surface area (Å²) in [6.07, 6.45) is 7.25. The van der Waals surface area contributed by atoms with E-state index in [1.165, 1.54) is 37.8 Å². The Hall–Kier alpha value is -3.73. The number of hydrogen-bond donors (Lipinski definition) is 1. The minimum Gasteiger partial charge on any atom is -0.508 e. The van der Waals surface area contributed by atoms with E-state index in [4.69, 9.17) is 14.2 Å². The Bertz CT molecular complexity index is 1160. The van der Waals surface area contributed by atoms with Crippen LogP contribution in [0.4, 0.5) is 0 Å². The second-order valence-corrected chi connectivity index (χ2v) is 8.71. The molecule has 0 spiro atoms. The summed E-state index contributed by atoms with van der Waals surface area (Å²) in [6, 6.07) is 19.8. The average Bonchev–Trinajstić information content (AvgIpc) is 2.89. The second-order valence-electron chi connectivity index (χ2n) is 8.71. The van der Waals surface area contributed by atoms with Gasteiger partial charge < -0.3 is 19.3 Å². The van der Waals surface area contributed by atoms with E-state index in [-0.39, 0.29) is 11.5 Å². The van der Waals surface area contributed by atoms with Gasteiger partial charge in [-0.15, -0.1) is 0 Å². The van der Waals surface area contributed by atoms with Crippen molar-refractivity contribution in [3.8, 4) is 23.0 Å². The summed E-state index contributed by atoms with van der Waals surface area (Å²) < 4.78 is 17.4. The van der Waals surface area contributed by atoms with E-state index < -0.39 is 6.10 Å². The Labute approximate surface area is 207 Å². The van der Waals surface area contributed by atoms with Gasteiger partial charge in [0.05, 0.1) is 19.3 Å². The molecule has 0 saturated heterocycles. The van der Waals surface area contributed by atoms with Crippen molar-refractivity contribution in [1.82, 2.24) is 0 Å². The van der Waals surface area contributed by atoms with Gasteiger partial charge in [0, 0.05) is 5.57 Å². The van der Waals surface area contributed by atoms with Crippen LogP contribution >= 0.6 is 0 Å². The van der Waals surface area contributed by atoms with Crippen LogP contribution in [0.5, 0.6) is 23.0 Å². The van der Waals surface area contributed by atoms with Crippen LogP contribution in [0.2, 0.25) is 0 Å². The summed E-state index contributed by atoms with van der Waals surface area (Å²) in [5.41, 5.74) is 2.56. The first-order chi connectivity index (χ1) is 17.1. The van der Waals surface area contributed by atoms with Crippen molar-refractivity contribution in [2.45, 2.75) is 45.1 Å². The number of phenols is 1. The maximum atomic E-state index is 13.5. The number of phenolic OH excluding ortho intramolecular Hbond substituents is 1. The third kappa shape index (κ3) is 6.04. The number of ketones is 1. The number of carbonyl (C=O) groups excluding carboxylic acids is 1. The Morgan fingerprint density at radius 1 is 0.914 bits per heavy atom. The molecule has 182 valence electrons. The van der Waals surface area contributed by atoms with E-state index in [1.54, 1.807) is 13.2 Å². The number of ether oxygens (including phenoxy) is 3. The zero-order valence-electron chi connectivity index (χ0n) is 20.3. The Morgan fingerprint density at radius 3 is 2.34 bits per heavy atom. The Balaban J connectivity index is 1.56. The van der Waals surface area contributed by atoms with Crippen LogP contribution in [0.3, 0.4) is 0 Å². The summed E-state index contributed by atoms with van der Waals surface area (Å²) >= 11 is 0. The number of hydrogen-bond acceptors (Lipinski definition) is 5. The molecule has 0 saturated carbocycles. The van der Waals surface area contributed by atoms with E-state index >= 15 is 0 Å². The van der Waals surface area contributed by atoms with Crippen molar-refractivity contribution in [2.75, 3.05) is 13.7 Å². The van der Waals surface area contributed by atoms with Crippen LogP contribution in [0.15, 0.2) is 72.3 Å². The number of rotatable bonds is 10. The van der Waals surface area contributed by atoms with Crippen molar-refractivity contribution in [1.29, 1.82) is 0 Å². The highest BCUT2D eigenvalue weighted by molar-refractivity contribution is 6.14. The fraction of sp³-hybridized carbons (Fsp3) is 0.300. The molecule has 1 atom stereocenters. The molecule has 1 aliphatic heterocycles. The lowest BCUT2D eigenvalue weighted by Crippen LogP contribution is -2.23. The number of Topliss-reactive ketones (excluding diaryl/α,β-unsaturated/α-hetero) is 1. The molecule has 0 aliphatic carbocycles. The van der Waals surface area contributed by atoms with E-state index in [9.17, 15) is 9.90 Å². The lowest BCUT2D eigenvalue weighted by molar-refractivity contribution is 0.0963. The largest absolute Gasteiger partial charge is 0.508 e. The molecule has 0 amide bonds. The molecule has 0 radical (unpaired) electrons. The van der Waals surface area contributed by atoms with Crippen LogP contribution in [0.25, 0.3) is 6.08 Å². The van der Waals surface area contributed by atoms with E-state index in [0.29, 0.717) is 23.5 Å². The second kappa shape index (κ2) is 11.6. The van der Waals surface area contributed by atoms with Crippen molar-refractivity contribution in [3.63, 3.8) is 0 Å². The van der Waals surface area contributed by atoms with E-state index in [2.05, 4.69) is 6.92 Å². The van der Waals surface area contributed by atoms with Crippen LogP contribution in [0.1, 0.15) is 66.6 Å². The zero-order valence-corrected chi connectivity index (χ0v) is 20.3. The zero-order chi connectivity index (χ0) is 24.6. The van der Waals surface area contributed by atoms with Crippen LogP contribution in [-0.4, -0.2) is 24.6 Å².